The predicted molar refractivity (Wildman–Crippen MR) is 77.9 cm³/mol. The molecule has 0 aliphatic rings. The Kier molecular flexibility index (Phi) is 6.25. The van der Waals surface area contributed by atoms with Crippen molar-refractivity contribution in [2.45, 2.75) is 20.5 Å². The Morgan fingerprint density at radius 1 is 1.21 bits per heavy atom. The molecule has 1 N–H and O–H groups in total. The average molecular weight is 268 g/mol. The number of aliphatic hydroxyl groups is 1. The fourth-order valence-electron chi connectivity index (χ4n) is 1.98. The molecule has 108 valence electrons. The van der Waals surface area contributed by atoms with E-state index in [0.29, 0.717) is 17.2 Å². The van der Waals surface area contributed by atoms with Crippen LogP contribution in [0.4, 0.5) is 10.1 Å². The Bertz CT molecular complexity index is 394. The highest BCUT2D eigenvalue weighted by atomic mass is 19.1. The van der Waals surface area contributed by atoms with Crippen LogP contribution in [0.1, 0.15) is 19.4 Å². The average Bonchev–Trinajstić information content (AvgIpc) is 2.34. The third-order valence-corrected chi connectivity index (χ3v) is 2.94. The summed E-state index contributed by atoms with van der Waals surface area (Å²) in [6.45, 7) is 6.63. The molecule has 0 fully saturated rings. The summed E-state index contributed by atoms with van der Waals surface area (Å²) in [5.41, 5.74) is 1.23. The van der Waals surface area contributed by atoms with Gasteiger partial charge in [0, 0.05) is 19.6 Å². The summed E-state index contributed by atoms with van der Waals surface area (Å²) in [4.78, 5) is 4.16. The molecule has 0 aliphatic heterocycles. The first-order valence-corrected chi connectivity index (χ1v) is 6.73. The second kappa shape index (κ2) is 7.46. The zero-order chi connectivity index (χ0) is 14.4. The van der Waals surface area contributed by atoms with Crippen LogP contribution in [0.15, 0.2) is 18.2 Å². The fourth-order valence-corrected chi connectivity index (χ4v) is 1.98. The normalized spacial score (nSPS) is 11.4. The number of hydrogen-bond acceptors (Lipinski definition) is 3. The van der Waals surface area contributed by atoms with Gasteiger partial charge in [-0.25, -0.2) is 4.39 Å². The number of aliphatic hydroxyl groups excluding tert-OH is 1. The maximum absolute atomic E-state index is 14.1. The lowest BCUT2D eigenvalue weighted by Crippen LogP contribution is -2.35. The SMILES string of the molecule is CC(C)CN(CCN(C)C)c1ccc(CO)cc1F. The topological polar surface area (TPSA) is 26.7 Å². The number of likely N-dealkylation sites (N-methyl/N-ethyl adjacent to an activating group) is 1. The standard InChI is InChI=1S/C15H25FN2O/c1-12(2)10-18(8-7-17(3)4)15-6-5-13(11-19)9-14(15)16/h5-6,9,12,19H,7-8,10-11H2,1-4H3. The van der Waals surface area contributed by atoms with E-state index in [1.165, 1.54) is 6.07 Å². The predicted octanol–water partition coefficient (Wildman–Crippen LogP) is 2.34. The summed E-state index contributed by atoms with van der Waals surface area (Å²) in [6, 6.07) is 4.96. The molecule has 0 saturated heterocycles. The molecule has 19 heavy (non-hydrogen) atoms. The maximum Gasteiger partial charge on any atom is 0.146 e. The summed E-state index contributed by atoms with van der Waals surface area (Å²) < 4.78 is 14.1. The van der Waals surface area contributed by atoms with Crippen molar-refractivity contribution in [2.75, 3.05) is 38.6 Å². The van der Waals surface area contributed by atoms with Crippen molar-refractivity contribution in [1.82, 2.24) is 4.90 Å². The molecule has 0 atom stereocenters. The molecule has 1 rings (SSSR count). The van der Waals surface area contributed by atoms with Crippen molar-refractivity contribution in [1.29, 1.82) is 0 Å². The Morgan fingerprint density at radius 2 is 1.89 bits per heavy atom. The summed E-state index contributed by atoms with van der Waals surface area (Å²) in [5.74, 6) is 0.213. The smallest absolute Gasteiger partial charge is 0.146 e. The van der Waals surface area contributed by atoms with Crippen LogP contribution < -0.4 is 4.90 Å². The molecule has 1 aromatic rings. The second-order valence-electron chi connectivity index (χ2n) is 5.59. The van der Waals surface area contributed by atoms with Crippen molar-refractivity contribution in [2.24, 2.45) is 5.92 Å². The first-order chi connectivity index (χ1) is 8.93. The van der Waals surface area contributed by atoms with Crippen molar-refractivity contribution in [3.8, 4) is 0 Å². The lowest BCUT2D eigenvalue weighted by Gasteiger charge is -2.28. The Balaban J connectivity index is 2.89. The lowest BCUT2D eigenvalue weighted by atomic mass is 10.1. The van der Waals surface area contributed by atoms with Gasteiger partial charge in [0.15, 0.2) is 0 Å². The molecule has 0 bridgehead atoms. The quantitative estimate of drug-likeness (QED) is 0.822. The molecule has 0 aromatic heterocycles. The van der Waals surface area contributed by atoms with Gasteiger partial charge in [-0.05, 0) is 37.7 Å². The number of halogens is 1. The molecule has 0 spiro atoms. The molecule has 4 heteroatoms. The van der Waals surface area contributed by atoms with Crippen LogP contribution in [0.25, 0.3) is 0 Å². The molecule has 0 saturated carbocycles. The number of rotatable bonds is 7. The number of hydrogen-bond donors (Lipinski definition) is 1. The van der Waals surface area contributed by atoms with Gasteiger partial charge in [-0.1, -0.05) is 19.9 Å². The molecule has 3 nitrogen and oxygen atoms in total. The van der Waals surface area contributed by atoms with Gasteiger partial charge in [0.1, 0.15) is 5.82 Å². The van der Waals surface area contributed by atoms with Gasteiger partial charge in [0.05, 0.1) is 12.3 Å². The van der Waals surface area contributed by atoms with Gasteiger partial charge in [0.2, 0.25) is 0 Å². The monoisotopic (exact) mass is 268 g/mol. The van der Waals surface area contributed by atoms with Crippen LogP contribution in [-0.2, 0) is 6.61 Å². The number of benzene rings is 1. The minimum absolute atomic E-state index is 0.126. The highest BCUT2D eigenvalue weighted by molar-refractivity contribution is 5.49. The van der Waals surface area contributed by atoms with E-state index in [1.807, 2.05) is 14.1 Å². The van der Waals surface area contributed by atoms with Gasteiger partial charge in [0.25, 0.3) is 0 Å². The Hall–Kier alpha value is -1.13. The van der Waals surface area contributed by atoms with Crippen LogP contribution >= 0.6 is 0 Å². The van der Waals surface area contributed by atoms with Crippen molar-refractivity contribution in [3.63, 3.8) is 0 Å². The van der Waals surface area contributed by atoms with E-state index in [1.54, 1.807) is 12.1 Å². The zero-order valence-corrected chi connectivity index (χ0v) is 12.4. The molecule has 1 aromatic carbocycles. The fraction of sp³-hybridized carbons (Fsp3) is 0.600. The molecule has 0 unspecified atom stereocenters. The van der Waals surface area contributed by atoms with E-state index in [2.05, 4.69) is 23.6 Å². The van der Waals surface area contributed by atoms with Gasteiger partial charge in [-0.2, -0.15) is 0 Å². The maximum atomic E-state index is 14.1. The first kappa shape index (κ1) is 15.9. The van der Waals surface area contributed by atoms with Gasteiger partial charge in [-0.15, -0.1) is 0 Å². The van der Waals surface area contributed by atoms with Crippen LogP contribution in [-0.4, -0.2) is 43.7 Å². The summed E-state index contributed by atoms with van der Waals surface area (Å²) >= 11 is 0. The highest BCUT2D eigenvalue weighted by Crippen LogP contribution is 2.21. The third kappa shape index (κ3) is 5.17. The van der Waals surface area contributed by atoms with Crippen molar-refractivity contribution >= 4 is 5.69 Å². The molecular weight excluding hydrogens is 243 g/mol. The Labute approximate surface area is 115 Å². The van der Waals surface area contributed by atoms with E-state index < -0.39 is 0 Å². The van der Waals surface area contributed by atoms with Crippen LogP contribution in [0.3, 0.4) is 0 Å². The molecule has 0 amide bonds. The van der Waals surface area contributed by atoms with Crippen molar-refractivity contribution in [3.05, 3.63) is 29.6 Å². The van der Waals surface area contributed by atoms with Crippen molar-refractivity contribution < 1.29 is 9.50 Å². The van der Waals surface area contributed by atoms with E-state index in [4.69, 9.17) is 5.11 Å². The number of anilines is 1. The summed E-state index contributed by atoms with van der Waals surface area (Å²) in [6.07, 6.45) is 0. The first-order valence-electron chi connectivity index (χ1n) is 6.73. The minimum atomic E-state index is -0.258. The third-order valence-electron chi connectivity index (χ3n) is 2.94. The minimum Gasteiger partial charge on any atom is -0.392 e. The molecular formula is C15H25FN2O. The lowest BCUT2D eigenvalue weighted by molar-refractivity contribution is 0.281. The highest BCUT2D eigenvalue weighted by Gasteiger charge is 2.13. The zero-order valence-electron chi connectivity index (χ0n) is 12.4. The second-order valence-corrected chi connectivity index (χ2v) is 5.59. The van der Waals surface area contributed by atoms with E-state index in [-0.39, 0.29) is 12.4 Å². The van der Waals surface area contributed by atoms with Crippen LogP contribution in [0.5, 0.6) is 0 Å². The molecule has 0 radical (unpaired) electrons. The Morgan fingerprint density at radius 3 is 2.37 bits per heavy atom. The summed E-state index contributed by atoms with van der Waals surface area (Å²) in [5, 5.41) is 9.03. The molecule has 0 aliphatic carbocycles. The molecule has 0 heterocycles. The largest absolute Gasteiger partial charge is 0.392 e. The van der Waals surface area contributed by atoms with E-state index >= 15 is 0 Å². The van der Waals surface area contributed by atoms with Crippen LogP contribution in [0, 0.1) is 11.7 Å². The van der Waals surface area contributed by atoms with E-state index in [0.717, 1.165) is 19.6 Å². The van der Waals surface area contributed by atoms with Gasteiger partial charge < -0.3 is 14.9 Å². The van der Waals surface area contributed by atoms with E-state index in [9.17, 15) is 4.39 Å². The number of nitrogens with zero attached hydrogens (tertiary/aromatic N) is 2. The van der Waals surface area contributed by atoms with Crippen LogP contribution in [0.2, 0.25) is 0 Å². The van der Waals surface area contributed by atoms with Gasteiger partial charge in [-0.3, -0.25) is 0 Å². The van der Waals surface area contributed by atoms with Gasteiger partial charge >= 0.3 is 0 Å². The summed E-state index contributed by atoms with van der Waals surface area (Å²) in [7, 11) is 4.03.